The van der Waals surface area contributed by atoms with Crippen molar-refractivity contribution in [2.75, 3.05) is 25.1 Å². The molecule has 0 unspecified atom stereocenters. The van der Waals surface area contributed by atoms with Gasteiger partial charge in [-0.1, -0.05) is 19.9 Å². The number of carbonyl (C=O) groups excluding carboxylic acids is 1. The average molecular weight is 342 g/mol. The molecule has 1 amide bonds. The number of hydrogen-bond acceptors (Lipinski definition) is 4. The number of amides is 1. The van der Waals surface area contributed by atoms with Gasteiger partial charge in [0.2, 0.25) is 15.9 Å². The third-order valence-corrected chi connectivity index (χ3v) is 4.61. The van der Waals surface area contributed by atoms with Crippen LogP contribution in [0.25, 0.3) is 0 Å². The summed E-state index contributed by atoms with van der Waals surface area (Å²) in [5, 5.41) is 2.59. The summed E-state index contributed by atoms with van der Waals surface area (Å²) >= 11 is 0. The Kier molecular flexibility index (Phi) is 7.67. The molecule has 0 radical (unpaired) electrons. The van der Waals surface area contributed by atoms with Crippen LogP contribution < -0.4 is 10.0 Å². The van der Waals surface area contributed by atoms with Crippen LogP contribution in [0.3, 0.4) is 0 Å². The molecule has 0 saturated heterocycles. The van der Waals surface area contributed by atoms with E-state index in [1.54, 1.807) is 19.1 Å². The van der Waals surface area contributed by atoms with Gasteiger partial charge in [0, 0.05) is 32.4 Å². The molecule has 0 atom stereocenters. The fourth-order valence-electron chi connectivity index (χ4n) is 1.95. The molecule has 0 fully saturated rings. The Balaban J connectivity index is 2.63. The van der Waals surface area contributed by atoms with E-state index in [2.05, 4.69) is 23.9 Å². The van der Waals surface area contributed by atoms with Crippen molar-refractivity contribution in [2.45, 2.75) is 39.0 Å². The minimum absolute atomic E-state index is 0.173. The molecule has 0 aliphatic rings. The van der Waals surface area contributed by atoms with Crippen LogP contribution in [0.5, 0.6) is 0 Å². The highest BCUT2D eigenvalue weighted by atomic mass is 32.2. The summed E-state index contributed by atoms with van der Waals surface area (Å²) in [7, 11) is -3.61. The summed E-state index contributed by atoms with van der Waals surface area (Å²) in [6, 6.07) is 4.81. The summed E-state index contributed by atoms with van der Waals surface area (Å²) in [6.45, 7) is 8.73. The van der Waals surface area contributed by atoms with Gasteiger partial charge in [-0.05, 0) is 37.0 Å². The SMILES string of the molecule is CC(=O)Nc1ccc(C)c(S(=O)(=O)NCCCOCC(C)C)c1. The molecular formula is C16H26N2O4S. The second-order valence-electron chi connectivity index (χ2n) is 5.88. The number of sulfonamides is 1. The Morgan fingerprint density at radius 2 is 2.00 bits per heavy atom. The third kappa shape index (κ3) is 7.11. The maximum Gasteiger partial charge on any atom is 0.240 e. The van der Waals surface area contributed by atoms with Crippen LogP contribution in [-0.4, -0.2) is 34.1 Å². The van der Waals surface area contributed by atoms with E-state index in [9.17, 15) is 13.2 Å². The van der Waals surface area contributed by atoms with Crippen molar-refractivity contribution in [1.82, 2.24) is 4.72 Å². The van der Waals surface area contributed by atoms with Crippen molar-refractivity contribution >= 4 is 21.6 Å². The number of nitrogens with one attached hydrogen (secondary N) is 2. The van der Waals surface area contributed by atoms with Gasteiger partial charge in [0.05, 0.1) is 4.90 Å². The van der Waals surface area contributed by atoms with E-state index in [1.165, 1.54) is 13.0 Å². The van der Waals surface area contributed by atoms with Crippen molar-refractivity contribution < 1.29 is 17.9 Å². The van der Waals surface area contributed by atoms with Gasteiger partial charge in [-0.15, -0.1) is 0 Å². The summed E-state index contributed by atoms with van der Waals surface area (Å²) in [4.78, 5) is 11.3. The van der Waals surface area contributed by atoms with Gasteiger partial charge < -0.3 is 10.1 Å². The maximum absolute atomic E-state index is 12.4. The van der Waals surface area contributed by atoms with Crippen LogP contribution in [0.1, 0.15) is 32.8 Å². The summed E-state index contributed by atoms with van der Waals surface area (Å²) < 4.78 is 32.7. The lowest BCUT2D eigenvalue weighted by molar-refractivity contribution is -0.114. The van der Waals surface area contributed by atoms with E-state index in [4.69, 9.17) is 4.74 Å². The fourth-order valence-corrected chi connectivity index (χ4v) is 3.29. The second-order valence-corrected chi connectivity index (χ2v) is 7.62. The largest absolute Gasteiger partial charge is 0.381 e. The molecule has 0 aliphatic carbocycles. The fraction of sp³-hybridized carbons (Fsp3) is 0.562. The maximum atomic E-state index is 12.4. The van der Waals surface area contributed by atoms with E-state index >= 15 is 0 Å². The Hall–Kier alpha value is -1.44. The molecule has 2 N–H and O–H groups in total. The van der Waals surface area contributed by atoms with Crippen molar-refractivity contribution in [3.8, 4) is 0 Å². The zero-order valence-electron chi connectivity index (χ0n) is 14.2. The molecule has 0 bridgehead atoms. The normalized spacial score (nSPS) is 11.7. The molecule has 23 heavy (non-hydrogen) atoms. The Bertz CT molecular complexity index is 627. The number of aryl methyl sites for hydroxylation is 1. The quantitative estimate of drug-likeness (QED) is 0.674. The second kappa shape index (κ2) is 9.00. The predicted molar refractivity (Wildman–Crippen MR) is 90.9 cm³/mol. The molecule has 1 rings (SSSR count). The number of hydrogen-bond donors (Lipinski definition) is 2. The highest BCUT2D eigenvalue weighted by Crippen LogP contribution is 2.20. The molecule has 0 spiro atoms. The first-order valence-electron chi connectivity index (χ1n) is 7.68. The van der Waals surface area contributed by atoms with Crippen LogP contribution in [0.15, 0.2) is 23.1 Å². The number of rotatable bonds is 9. The molecule has 130 valence electrons. The topological polar surface area (TPSA) is 84.5 Å². The highest BCUT2D eigenvalue weighted by molar-refractivity contribution is 7.89. The molecule has 0 saturated carbocycles. The van der Waals surface area contributed by atoms with Gasteiger partial charge in [0.1, 0.15) is 0 Å². The van der Waals surface area contributed by atoms with Gasteiger partial charge in [0.25, 0.3) is 0 Å². The van der Waals surface area contributed by atoms with Crippen molar-refractivity contribution in [3.63, 3.8) is 0 Å². The standard InChI is InChI=1S/C16H26N2O4S/c1-12(2)11-22-9-5-8-17-23(20,21)16-10-15(18-14(4)19)7-6-13(16)3/h6-7,10,12,17H,5,8-9,11H2,1-4H3,(H,18,19). The Morgan fingerprint density at radius 1 is 1.30 bits per heavy atom. The van der Waals surface area contributed by atoms with Crippen molar-refractivity contribution in [1.29, 1.82) is 0 Å². The first kappa shape index (κ1) is 19.6. The van der Waals surface area contributed by atoms with Gasteiger partial charge in [-0.3, -0.25) is 4.79 Å². The van der Waals surface area contributed by atoms with Crippen molar-refractivity contribution in [3.05, 3.63) is 23.8 Å². The highest BCUT2D eigenvalue weighted by Gasteiger charge is 2.17. The van der Waals surface area contributed by atoms with E-state index in [-0.39, 0.29) is 10.8 Å². The van der Waals surface area contributed by atoms with Gasteiger partial charge in [-0.2, -0.15) is 0 Å². The molecule has 7 heteroatoms. The number of benzene rings is 1. The molecule has 0 aromatic heterocycles. The lowest BCUT2D eigenvalue weighted by Gasteiger charge is -2.12. The lowest BCUT2D eigenvalue weighted by Crippen LogP contribution is -2.26. The van der Waals surface area contributed by atoms with Gasteiger partial charge >= 0.3 is 0 Å². The van der Waals surface area contributed by atoms with Crippen LogP contribution in [0, 0.1) is 12.8 Å². The average Bonchev–Trinajstić information content (AvgIpc) is 2.43. The first-order valence-corrected chi connectivity index (χ1v) is 9.16. The summed E-state index contributed by atoms with van der Waals surface area (Å²) in [6.07, 6.45) is 0.608. The zero-order valence-corrected chi connectivity index (χ0v) is 15.0. The molecule has 0 heterocycles. The molecule has 0 aliphatic heterocycles. The smallest absolute Gasteiger partial charge is 0.240 e. The molecule has 6 nitrogen and oxygen atoms in total. The molecule has 1 aromatic carbocycles. The number of carbonyl (C=O) groups is 1. The van der Waals surface area contributed by atoms with E-state index < -0.39 is 10.0 Å². The minimum Gasteiger partial charge on any atom is -0.381 e. The number of anilines is 1. The third-order valence-electron chi connectivity index (χ3n) is 3.01. The van der Waals surface area contributed by atoms with Crippen LogP contribution in [0.2, 0.25) is 0 Å². The molecule has 1 aromatic rings. The Labute approximate surface area is 138 Å². The van der Waals surface area contributed by atoms with Gasteiger partial charge in [0.15, 0.2) is 0 Å². The van der Waals surface area contributed by atoms with E-state index in [0.717, 1.165) is 0 Å². The van der Waals surface area contributed by atoms with Crippen molar-refractivity contribution in [2.24, 2.45) is 5.92 Å². The molecular weight excluding hydrogens is 316 g/mol. The van der Waals surface area contributed by atoms with Gasteiger partial charge in [-0.25, -0.2) is 13.1 Å². The van der Waals surface area contributed by atoms with Crippen LogP contribution in [-0.2, 0) is 19.6 Å². The van der Waals surface area contributed by atoms with Crippen LogP contribution in [0.4, 0.5) is 5.69 Å². The summed E-state index contributed by atoms with van der Waals surface area (Å²) in [5.41, 5.74) is 1.09. The number of ether oxygens (including phenoxy) is 1. The van der Waals surface area contributed by atoms with Crippen LogP contribution >= 0.6 is 0 Å². The Morgan fingerprint density at radius 3 is 2.61 bits per heavy atom. The minimum atomic E-state index is -3.61. The predicted octanol–water partition coefficient (Wildman–Crippen LogP) is 2.29. The van der Waals surface area contributed by atoms with E-state index in [0.29, 0.717) is 43.3 Å². The summed E-state index contributed by atoms with van der Waals surface area (Å²) in [5.74, 6) is 0.221. The lowest BCUT2D eigenvalue weighted by atomic mass is 10.2. The monoisotopic (exact) mass is 342 g/mol. The van der Waals surface area contributed by atoms with E-state index in [1.807, 2.05) is 0 Å². The first-order chi connectivity index (χ1) is 10.7. The zero-order chi connectivity index (χ0) is 17.5.